The Bertz CT molecular complexity index is 101. The molecule has 1 heterocycles. The van der Waals surface area contributed by atoms with Gasteiger partial charge in [-0.15, -0.1) is 0 Å². The van der Waals surface area contributed by atoms with Gasteiger partial charge in [-0.2, -0.15) is 0 Å². The first-order valence-electron chi connectivity index (χ1n) is 3.45. The minimum absolute atomic E-state index is 0.102. The number of carbonyl (C=O) groups is 1. The summed E-state index contributed by atoms with van der Waals surface area (Å²) in [4.78, 5) is 10.3. The van der Waals surface area contributed by atoms with Gasteiger partial charge in [-0.05, 0) is 12.3 Å². The van der Waals surface area contributed by atoms with Crippen LogP contribution in [0.3, 0.4) is 0 Å². The standard InChI is InChI=1S/C7H12O2/c1-2-6-3-4-9-7(6)5-8/h5-7H,2-4H2,1H3/t6-,7+/m1/s1. The van der Waals surface area contributed by atoms with Crippen LogP contribution in [0.5, 0.6) is 0 Å². The average Bonchev–Trinajstić information content (AvgIpc) is 2.33. The summed E-state index contributed by atoms with van der Waals surface area (Å²) in [5.41, 5.74) is 0. The molecule has 1 rings (SSSR count). The van der Waals surface area contributed by atoms with Crippen molar-refractivity contribution in [1.29, 1.82) is 0 Å². The highest BCUT2D eigenvalue weighted by Crippen LogP contribution is 2.21. The zero-order valence-corrected chi connectivity index (χ0v) is 5.67. The first-order valence-corrected chi connectivity index (χ1v) is 3.45. The van der Waals surface area contributed by atoms with Crippen LogP contribution in [-0.4, -0.2) is 19.0 Å². The van der Waals surface area contributed by atoms with E-state index < -0.39 is 0 Å². The smallest absolute Gasteiger partial charge is 0.149 e. The van der Waals surface area contributed by atoms with Gasteiger partial charge in [0, 0.05) is 6.61 Å². The molecule has 0 aromatic heterocycles. The second-order valence-corrected chi connectivity index (χ2v) is 2.43. The molecule has 2 atom stereocenters. The maximum Gasteiger partial charge on any atom is 0.149 e. The van der Waals surface area contributed by atoms with Gasteiger partial charge in [-0.25, -0.2) is 0 Å². The molecule has 0 N–H and O–H groups in total. The second-order valence-electron chi connectivity index (χ2n) is 2.43. The van der Waals surface area contributed by atoms with E-state index in [9.17, 15) is 4.79 Å². The molecule has 52 valence electrons. The monoisotopic (exact) mass is 128 g/mol. The van der Waals surface area contributed by atoms with Crippen molar-refractivity contribution in [3.05, 3.63) is 0 Å². The predicted molar refractivity (Wildman–Crippen MR) is 34.2 cm³/mol. The summed E-state index contributed by atoms with van der Waals surface area (Å²) in [5, 5.41) is 0. The van der Waals surface area contributed by atoms with E-state index in [-0.39, 0.29) is 6.10 Å². The molecule has 2 heteroatoms. The Kier molecular flexibility index (Phi) is 2.22. The fraction of sp³-hybridized carbons (Fsp3) is 0.857. The lowest BCUT2D eigenvalue weighted by Gasteiger charge is -2.07. The van der Waals surface area contributed by atoms with E-state index in [1.807, 2.05) is 0 Å². The van der Waals surface area contributed by atoms with Crippen LogP contribution in [0, 0.1) is 5.92 Å². The Morgan fingerprint density at radius 3 is 3.00 bits per heavy atom. The lowest BCUT2D eigenvalue weighted by molar-refractivity contribution is -0.117. The summed E-state index contributed by atoms with van der Waals surface area (Å²) in [7, 11) is 0. The Morgan fingerprint density at radius 1 is 1.78 bits per heavy atom. The van der Waals surface area contributed by atoms with E-state index >= 15 is 0 Å². The summed E-state index contributed by atoms with van der Waals surface area (Å²) in [6.45, 7) is 2.86. The molecule has 1 fully saturated rings. The third kappa shape index (κ3) is 1.30. The van der Waals surface area contributed by atoms with Crippen molar-refractivity contribution in [2.75, 3.05) is 6.61 Å². The van der Waals surface area contributed by atoms with Gasteiger partial charge in [0.15, 0.2) is 0 Å². The van der Waals surface area contributed by atoms with Gasteiger partial charge in [-0.3, -0.25) is 0 Å². The fourth-order valence-electron chi connectivity index (χ4n) is 1.24. The number of hydrogen-bond acceptors (Lipinski definition) is 2. The van der Waals surface area contributed by atoms with Gasteiger partial charge < -0.3 is 9.53 Å². The van der Waals surface area contributed by atoms with Crippen LogP contribution in [-0.2, 0) is 9.53 Å². The van der Waals surface area contributed by atoms with E-state index in [1.165, 1.54) is 0 Å². The van der Waals surface area contributed by atoms with Crippen molar-refractivity contribution in [3.63, 3.8) is 0 Å². The molecular formula is C7H12O2. The Hall–Kier alpha value is -0.370. The third-order valence-electron chi connectivity index (χ3n) is 1.92. The molecule has 1 aliphatic rings. The number of aldehydes is 1. The van der Waals surface area contributed by atoms with Crippen LogP contribution < -0.4 is 0 Å². The lowest BCUT2D eigenvalue weighted by Crippen LogP contribution is -2.16. The maximum atomic E-state index is 10.3. The molecule has 0 saturated carbocycles. The molecule has 1 aliphatic heterocycles. The summed E-state index contributed by atoms with van der Waals surface area (Å²) in [5.74, 6) is 0.488. The highest BCUT2D eigenvalue weighted by molar-refractivity contribution is 5.57. The molecule has 0 amide bonds. The van der Waals surface area contributed by atoms with Gasteiger partial charge in [0.05, 0.1) is 0 Å². The quantitative estimate of drug-likeness (QED) is 0.518. The van der Waals surface area contributed by atoms with Crippen LogP contribution >= 0.6 is 0 Å². The topological polar surface area (TPSA) is 26.3 Å². The maximum absolute atomic E-state index is 10.3. The zero-order chi connectivity index (χ0) is 6.69. The number of rotatable bonds is 2. The third-order valence-corrected chi connectivity index (χ3v) is 1.92. The number of ether oxygens (including phenoxy) is 1. The molecular weight excluding hydrogens is 116 g/mol. The van der Waals surface area contributed by atoms with Gasteiger partial charge in [-0.1, -0.05) is 13.3 Å². The van der Waals surface area contributed by atoms with Crippen molar-refractivity contribution in [2.24, 2.45) is 5.92 Å². The molecule has 0 unspecified atom stereocenters. The number of carbonyl (C=O) groups excluding carboxylic acids is 1. The van der Waals surface area contributed by atoms with E-state index in [2.05, 4.69) is 6.92 Å². The SMILES string of the molecule is CC[C@@H]1CCO[C@H]1C=O. The summed E-state index contributed by atoms with van der Waals surface area (Å²) < 4.78 is 5.14. The largest absolute Gasteiger partial charge is 0.370 e. The van der Waals surface area contributed by atoms with Gasteiger partial charge in [0.1, 0.15) is 12.4 Å². The molecule has 0 aliphatic carbocycles. The lowest BCUT2D eigenvalue weighted by atomic mass is 10.00. The highest BCUT2D eigenvalue weighted by Gasteiger charge is 2.25. The minimum atomic E-state index is -0.102. The normalized spacial score (nSPS) is 34.8. The fourth-order valence-corrected chi connectivity index (χ4v) is 1.24. The molecule has 0 radical (unpaired) electrons. The van der Waals surface area contributed by atoms with E-state index in [1.54, 1.807) is 0 Å². The molecule has 0 aromatic rings. The Balaban J connectivity index is 2.41. The molecule has 1 saturated heterocycles. The summed E-state index contributed by atoms with van der Waals surface area (Å²) in [6, 6.07) is 0. The Labute approximate surface area is 55.2 Å². The molecule has 9 heavy (non-hydrogen) atoms. The second kappa shape index (κ2) is 2.97. The molecule has 0 aromatic carbocycles. The van der Waals surface area contributed by atoms with Crippen molar-refractivity contribution < 1.29 is 9.53 Å². The molecule has 2 nitrogen and oxygen atoms in total. The first kappa shape index (κ1) is 6.75. The average molecular weight is 128 g/mol. The Morgan fingerprint density at radius 2 is 2.56 bits per heavy atom. The summed E-state index contributed by atoms with van der Waals surface area (Å²) in [6.07, 6.45) is 2.93. The van der Waals surface area contributed by atoms with Crippen LogP contribution in [0.2, 0.25) is 0 Å². The van der Waals surface area contributed by atoms with Crippen LogP contribution in [0.1, 0.15) is 19.8 Å². The van der Waals surface area contributed by atoms with Crippen molar-refractivity contribution in [1.82, 2.24) is 0 Å². The van der Waals surface area contributed by atoms with Gasteiger partial charge >= 0.3 is 0 Å². The van der Waals surface area contributed by atoms with E-state index in [0.717, 1.165) is 25.7 Å². The van der Waals surface area contributed by atoms with Crippen LogP contribution in [0.4, 0.5) is 0 Å². The first-order chi connectivity index (χ1) is 4.38. The van der Waals surface area contributed by atoms with Crippen LogP contribution in [0.25, 0.3) is 0 Å². The minimum Gasteiger partial charge on any atom is -0.370 e. The van der Waals surface area contributed by atoms with Crippen molar-refractivity contribution in [3.8, 4) is 0 Å². The summed E-state index contributed by atoms with van der Waals surface area (Å²) >= 11 is 0. The van der Waals surface area contributed by atoms with Crippen LogP contribution in [0.15, 0.2) is 0 Å². The predicted octanol–water partition coefficient (Wildman–Crippen LogP) is 1.00. The van der Waals surface area contributed by atoms with Gasteiger partial charge in [0.25, 0.3) is 0 Å². The molecule has 0 spiro atoms. The highest BCUT2D eigenvalue weighted by atomic mass is 16.5. The van der Waals surface area contributed by atoms with Gasteiger partial charge in [0.2, 0.25) is 0 Å². The van der Waals surface area contributed by atoms with Crippen molar-refractivity contribution >= 4 is 6.29 Å². The zero-order valence-electron chi connectivity index (χ0n) is 5.67. The van der Waals surface area contributed by atoms with E-state index in [0.29, 0.717) is 5.92 Å². The van der Waals surface area contributed by atoms with Crippen molar-refractivity contribution in [2.45, 2.75) is 25.9 Å². The molecule has 0 bridgehead atoms. The number of hydrogen-bond donors (Lipinski definition) is 0. The van der Waals surface area contributed by atoms with E-state index in [4.69, 9.17) is 4.74 Å².